The molecule has 1 fully saturated rings. The number of ether oxygens (including phenoxy) is 1. The number of carbonyl (C=O) groups excluding carboxylic acids is 1. The number of aliphatic hydroxyl groups is 1. The molecule has 1 aromatic carbocycles. The second kappa shape index (κ2) is 11.5. The maximum atomic E-state index is 14.5. The number of aliphatic hydroxyl groups excluding tert-OH is 1. The fourth-order valence-electron chi connectivity index (χ4n) is 5.77. The molecule has 1 aliphatic carbocycles. The van der Waals surface area contributed by atoms with Gasteiger partial charge in [-0.2, -0.15) is 0 Å². The highest BCUT2D eigenvalue weighted by molar-refractivity contribution is 7.13. The largest absolute Gasteiger partial charge is 0.471 e. The molecule has 1 aliphatic heterocycles. The van der Waals surface area contributed by atoms with Crippen molar-refractivity contribution >= 4 is 17.2 Å². The van der Waals surface area contributed by atoms with E-state index in [0.717, 1.165) is 48.8 Å². The van der Waals surface area contributed by atoms with Gasteiger partial charge in [0.15, 0.2) is 0 Å². The number of aromatic nitrogens is 2. The standard InChI is InChI=1S/C31H39FN4O3S/c1-19(37)36-25(14-20-6-7-24(32)22(12-20)29-33-10-11-40-29)27(38)18-34-26-16-31(8-5-9-31)39-28-23(26)13-21(17-35-28)15-30(2,3)4/h6-7,10-13,17,25-27,34,38H,5,8-9,14-16,18H2,1-4H3,(H,36,37)/t25?,26-,27+/m0/s1. The van der Waals surface area contributed by atoms with Crippen molar-refractivity contribution in [1.82, 2.24) is 20.6 Å². The smallest absolute Gasteiger partial charge is 0.218 e. The van der Waals surface area contributed by atoms with Crippen LogP contribution in [0, 0.1) is 11.2 Å². The van der Waals surface area contributed by atoms with Crippen LogP contribution in [0.25, 0.3) is 10.6 Å². The first-order valence-electron chi connectivity index (χ1n) is 14.0. The Kier molecular flexibility index (Phi) is 8.27. The van der Waals surface area contributed by atoms with Crippen LogP contribution in [-0.2, 0) is 17.6 Å². The van der Waals surface area contributed by atoms with Gasteiger partial charge < -0.3 is 20.5 Å². The van der Waals surface area contributed by atoms with Gasteiger partial charge in [-0.05, 0) is 66.8 Å². The predicted octanol–water partition coefficient (Wildman–Crippen LogP) is 5.38. The summed E-state index contributed by atoms with van der Waals surface area (Å²) in [6.45, 7) is 8.34. The zero-order valence-corrected chi connectivity index (χ0v) is 24.5. The number of benzene rings is 1. The van der Waals surface area contributed by atoms with Crippen molar-refractivity contribution in [2.24, 2.45) is 5.41 Å². The van der Waals surface area contributed by atoms with E-state index < -0.39 is 12.1 Å². The van der Waals surface area contributed by atoms with E-state index in [1.54, 1.807) is 23.7 Å². The van der Waals surface area contributed by atoms with Gasteiger partial charge in [-0.1, -0.05) is 26.8 Å². The molecular formula is C31H39FN4O3S. The van der Waals surface area contributed by atoms with Gasteiger partial charge in [-0.3, -0.25) is 4.79 Å². The van der Waals surface area contributed by atoms with Gasteiger partial charge in [0.2, 0.25) is 11.8 Å². The summed E-state index contributed by atoms with van der Waals surface area (Å²) < 4.78 is 20.9. The van der Waals surface area contributed by atoms with Gasteiger partial charge in [0.1, 0.15) is 16.4 Å². The zero-order chi connectivity index (χ0) is 28.5. The molecule has 1 spiro atoms. The van der Waals surface area contributed by atoms with Gasteiger partial charge >= 0.3 is 0 Å². The second-order valence-corrected chi connectivity index (χ2v) is 13.4. The molecule has 1 unspecified atom stereocenters. The van der Waals surface area contributed by atoms with Gasteiger partial charge in [-0.15, -0.1) is 11.3 Å². The summed E-state index contributed by atoms with van der Waals surface area (Å²) in [5.74, 6) is 0.0988. The Morgan fingerprint density at radius 3 is 2.70 bits per heavy atom. The van der Waals surface area contributed by atoms with Crippen LogP contribution in [0.2, 0.25) is 0 Å². The third kappa shape index (κ3) is 6.70. The van der Waals surface area contributed by atoms with Crippen LogP contribution in [0.5, 0.6) is 5.88 Å². The summed E-state index contributed by atoms with van der Waals surface area (Å²) in [5, 5.41) is 20.2. The van der Waals surface area contributed by atoms with Gasteiger partial charge in [0.25, 0.3) is 0 Å². The summed E-state index contributed by atoms with van der Waals surface area (Å²) in [6, 6.07) is 6.47. The van der Waals surface area contributed by atoms with Crippen LogP contribution < -0.4 is 15.4 Å². The van der Waals surface area contributed by atoms with Crippen LogP contribution >= 0.6 is 11.3 Å². The molecule has 40 heavy (non-hydrogen) atoms. The number of hydrogen-bond acceptors (Lipinski definition) is 7. The Labute approximate surface area is 239 Å². The Morgan fingerprint density at radius 1 is 1.25 bits per heavy atom. The summed E-state index contributed by atoms with van der Waals surface area (Å²) in [6.07, 6.45) is 7.90. The minimum atomic E-state index is -0.869. The molecule has 2 aromatic heterocycles. The van der Waals surface area contributed by atoms with Gasteiger partial charge in [0, 0.05) is 54.8 Å². The lowest BCUT2D eigenvalue weighted by atomic mass is 9.73. The van der Waals surface area contributed by atoms with E-state index in [2.05, 4.69) is 42.5 Å². The van der Waals surface area contributed by atoms with Crippen LogP contribution in [0.3, 0.4) is 0 Å². The topological polar surface area (TPSA) is 96.4 Å². The fraction of sp³-hybridized carbons (Fsp3) is 0.516. The third-order valence-electron chi connectivity index (χ3n) is 7.78. The molecular weight excluding hydrogens is 527 g/mol. The minimum absolute atomic E-state index is 0.0218. The number of fused-ring (bicyclic) bond motifs is 1. The highest BCUT2D eigenvalue weighted by Crippen LogP contribution is 2.48. The Balaban J connectivity index is 1.33. The first-order chi connectivity index (χ1) is 19.0. The maximum absolute atomic E-state index is 14.5. The third-order valence-corrected chi connectivity index (χ3v) is 8.58. The van der Waals surface area contributed by atoms with Crippen molar-refractivity contribution in [1.29, 1.82) is 0 Å². The number of amides is 1. The molecule has 0 radical (unpaired) electrons. The fourth-order valence-corrected chi connectivity index (χ4v) is 6.43. The lowest BCUT2D eigenvalue weighted by Crippen LogP contribution is -2.52. The molecule has 214 valence electrons. The average Bonchev–Trinajstić information content (AvgIpc) is 3.40. The predicted molar refractivity (Wildman–Crippen MR) is 155 cm³/mol. The number of carbonyl (C=O) groups is 1. The number of nitrogens with one attached hydrogen (secondary N) is 2. The number of nitrogens with zero attached hydrogens (tertiary/aromatic N) is 2. The summed E-state index contributed by atoms with van der Waals surface area (Å²) in [4.78, 5) is 21.0. The van der Waals surface area contributed by atoms with Gasteiger partial charge in [-0.25, -0.2) is 14.4 Å². The van der Waals surface area contributed by atoms with Crippen molar-refractivity contribution in [2.45, 2.75) is 90.0 Å². The minimum Gasteiger partial charge on any atom is -0.471 e. The second-order valence-electron chi connectivity index (χ2n) is 12.5. The van der Waals surface area contributed by atoms with Crippen LogP contribution in [0.4, 0.5) is 4.39 Å². The zero-order valence-electron chi connectivity index (χ0n) is 23.7. The molecule has 7 nitrogen and oxygen atoms in total. The molecule has 0 saturated heterocycles. The lowest BCUT2D eigenvalue weighted by molar-refractivity contribution is -0.120. The van der Waals surface area contributed by atoms with Gasteiger partial charge in [0.05, 0.1) is 12.1 Å². The van der Waals surface area contributed by atoms with E-state index in [9.17, 15) is 14.3 Å². The molecule has 1 saturated carbocycles. The van der Waals surface area contributed by atoms with Crippen molar-refractivity contribution in [2.75, 3.05) is 6.54 Å². The Hall–Kier alpha value is -2.88. The SMILES string of the molecule is CC(=O)NC(Cc1ccc(F)c(-c2nccs2)c1)[C@H](O)CN[C@H]1CC2(CCC2)Oc2ncc(CC(C)(C)C)cc21. The number of halogens is 1. The highest BCUT2D eigenvalue weighted by atomic mass is 32.1. The van der Waals surface area contributed by atoms with E-state index in [1.807, 2.05) is 6.20 Å². The molecule has 9 heteroatoms. The molecule has 2 aliphatic rings. The van der Waals surface area contributed by atoms with Crippen LogP contribution in [0.15, 0.2) is 42.0 Å². The Morgan fingerprint density at radius 2 is 2.05 bits per heavy atom. The summed E-state index contributed by atoms with van der Waals surface area (Å²) in [5.41, 5.74) is 3.34. The molecule has 3 N–H and O–H groups in total. The van der Waals surface area contributed by atoms with E-state index in [-0.39, 0.29) is 35.3 Å². The molecule has 3 heterocycles. The van der Waals surface area contributed by atoms with Crippen molar-refractivity contribution in [3.63, 3.8) is 0 Å². The monoisotopic (exact) mass is 566 g/mol. The number of pyridine rings is 1. The quantitative estimate of drug-likeness (QED) is 0.322. The molecule has 1 amide bonds. The van der Waals surface area contributed by atoms with Crippen molar-refractivity contribution in [3.05, 3.63) is 64.5 Å². The molecule has 3 aromatic rings. The van der Waals surface area contributed by atoms with Crippen LogP contribution in [-0.4, -0.2) is 45.3 Å². The number of hydrogen-bond donors (Lipinski definition) is 3. The van der Waals surface area contributed by atoms with Crippen molar-refractivity contribution < 1.29 is 19.0 Å². The average molecular weight is 567 g/mol. The molecule has 0 bridgehead atoms. The van der Waals surface area contributed by atoms with E-state index >= 15 is 0 Å². The molecule has 5 rings (SSSR count). The highest BCUT2D eigenvalue weighted by Gasteiger charge is 2.46. The van der Waals surface area contributed by atoms with E-state index in [1.165, 1.54) is 24.3 Å². The van der Waals surface area contributed by atoms with Crippen molar-refractivity contribution in [3.8, 4) is 16.5 Å². The number of thiazole rings is 1. The number of rotatable bonds is 9. The first-order valence-corrected chi connectivity index (χ1v) is 14.9. The van der Waals surface area contributed by atoms with E-state index in [4.69, 9.17) is 9.72 Å². The summed E-state index contributed by atoms with van der Waals surface area (Å²) in [7, 11) is 0. The normalized spacial score (nSPS) is 19.3. The summed E-state index contributed by atoms with van der Waals surface area (Å²) >= 11 is 1.37. The molecule has 3 atom stereocenters. The maximum Gasteiger partial charge on any atom is 0.218 e. The van der Waals surface area contributed by atoms with E-state index in [0.29, 0.717) is 22.9 Å². The van der Waals surface area contributed by atoms with Crippen LogP contribution in [0.1, 0.15) is 76.1 Å². The first kappa shape index (κ1) is 28.6. The Bertz CT molecular complexity index is 1340. The lowest BCUT2D eigenvalue weighted by Gasteiger charge is -2.47.